The minimum absolute atomic E-state index is 0.137. The first-order chi connectivity index (χ1) is 9.09. The highest BCUT2D eigenvalue weighted by molar-refractivity contribution is 5.83. The van der Waals surface area contributed by atoms with E-state index in [0.717, 1.165) is 12.8 Å². The summed E-state index contributed by atoms with van der Waals surface area (Å²) in [5.74, 6) is -1.20. The zero-order chi connectivity index (χ0) is 13.6. The second-order valence-corrected chi connectivity index (χ2v) is 4.98. The third-order valence-electron chi connectivity index (χ3n) is 3.60. The number of aromatic nitrogens is 2. The van der Waals surface area contributed by atoms with E-state index in [-0.39, 0.29) is 18.6 Å². The van der Waals surface area contributed by atoms with Gasteiger partial charge in [0.25, 0.3) is 0 Å². The normalized spacial score (nSPS) is 27.6. The van der Waals surface area contributed by atoms with Gasteiger partial charge in [-0.3, -0.25) is 4.79 Å². The Morgan fingerprint density at radius 2 is 2.26 bits per heavy atom. The van der Waals surface area contributed by atoms with Gasteiger partial charge in [-0.25, -0.2) is 9.78 Å². The molecule has 1 aromatic heterocycles. The molecule has 1 amide bonds. The van der Waals surface area contributed by atoms with Gasteiger partial charge in [-0.1, -0.05) is 0 Å². The molecule has 0 spiro atoms. The van der Waals surface area contributed by atoms with E-state index in [1.165, 1.54) is 0 Å². The van der Waals surface area contributed by atoms with Crippen LogP contribution < -0.4 is 0 Å². The smallest absolute Gasteiger partial charge is 0.335 e. The van der Waals surface area contributed by atoms with E-state index in [4.69, 9.17) is 4.74 Å². The molecule has 2 aliphatic rings. The lowest BCUT2D eigenvalue weighted by molar-refractivity contribution is -0.174. The van der Waals surface area contributed by atoms with Crippen LogP contribution in [0.1, 0.15) is 24.6 Å². The molecule has 102 valence electrons. The Morgan fingerprint density at radius 3 is 2.79 bits per heavy atom. The highest BCUT2D eigenvalue weighted by Crippen LogP contribution is 2.39. The number of carboxylic acids is 1. The molecule has 1 aliphatic carbocycles. The number of imidazole rings is 1. The van der Waals surface area contributed by atoms with Crippen LogP contribution in [0.5, 0.6) is 0 Å². The summed E-state index contributed by atoms with van der Waals surface area (Å²) >= 11 is 0. The van der Waals surface area contributed by atoms with E-state index in [2.05, 4.69) is 4.98 Å². The van der Waals surface area contributed by atoms with E-state index in [9.17, 15) is 14.7 Å². The number of carbonyl (C=O) groups is 2. The summed E-state index contributed by atoms with van der Waals surface area (Å²) in [5, 5.41) is 9.31. The Bertz CT molecular complexity index is 523. The van der Waals surface area contributed by atoms with Gasteiger partial charge in [0, 0.05) is 13.1 Å². The van der Waals surface area contributed by atoms with Gasteiger partial charge in [-0.15, -0.1) is 0 Å². The Labute approximate surface area is 109 Å². The van der Waals surface area contributed by atoms with Gasteiger partial charge in [0.05, 0.1) is 18.2 Å². The fourth-order valence-corrected chi connectivity index (χ4v) is 2.57. The molecule has 7 heteroatoms. The Balaban J connectivity index is 2.02. The lowest BCUT2D eigenvalue weighted by Gasteiger charge is -2.39. The lowest BCUT2D eigenvalue weighted by Crippen LogP contribution is -2.53. The number of nitrogens with zero attached hydrogens (tertiary/aromatic N) is 3. The average Bonchev–Trinajstić information content (AvgIpc) is 3.10. The number of morpholine rings is 1. The first-order valence-electron chi connectivity index (χ1n) is 6.21. The number of ether oxygens (including phenoxy) is 1. The van der Waals surface area contributed by atoms with Gasteiger partial charge < -0.3 is 19.3 Å². The van der Waals surface area contributed by atoms with Crippen molar-refractivity contribution in [3.63, 3.8) is 0 Å². The summed E-state index contributed by atoms with van der Waals surface area (Å²) < 4.78 is 6.95. The quantitative estimate of drug-likeness (QED) is 0.827. The largest absolute Gasteiger partial charge is 0.479 e. The van der Waals surface area contributed by atoms with Crippen LogP contribution in [0.25, 0.3) is 0 Å². The summed E-state index contributed by atoms with van der Waals surface area (Å²) in [6, 6.07) is -0.461. The molecule has 1 aromatic rings. The molecule has 1 aliphatic heterocycles. The zero-order valence-electron chi connectivity index (χ0n) is 10.5. The van der Waals surface area contributed by atoms with Crippen molar-refractivity contribution in [2.24, 2.45) is 7.05 Å². The van der Waals surface area contributed by atoms with Crippen molar-refractivity contribution in [3.05, 3.63) is 18.2 Å². The molecule has 2 atom stereocenters. The maximum absolute atomic E-state index is 12.0. The summed E-state index contributed by atoms with van der Waals surface area (Å²) in [6.45, 7) is -0.165. The highest BCUT2D eigenvalue weighted by atomic mass is 16.5. The van der Waals surface area contributed by atoms with Gasteiger partial charge in [-0.05, 0) is 12.8 Å². The summed E-state index contributed by atoms with van der Waals surface area (Å²) in [7, 11) is 1.78. The minimum atomic E-state index is -1.05. The molecule has 19 heavy (non-hydrogen) atoms. The molecule has 7 nitrogen and oxygen atoms in total. The molecule has 0 radical (unpaired) electrons. The van der Waals surface area contributed by atoms with Crippen molar-refractivity contribution in [2.45, 2.75) is 31.0 Å². The SMILES string of the molecule is Cn1cncc1C1C(C(=O)O)OCC(=O)N1C1CC1. The van der Waals surface area contributed by atoms with E-state index < -0.39 is 18.1 Å². The zero-order valence-corrected chi connectivity index (χ0v) is 10.5. The van der Waals surface area contributed by atoms with Gasteiger partial charge in [0.2, 0.25) is 5.91 Å². The van der Waals surface area contributed by atoms with Crippen LogP contribution in [0.3, 0.4) is 0 Å². The molecule has 1 N–H and O–H groups in total. The van der Waals surface area contributed by atoms with Crippen LogP contribution in [-0.4, -0.2) is 50.2 Å². The number of hydrogen-bond donors (Lipinski definition) is 1. The lowest BCUT2D eigenvalue weighted by atomic mass is 10.0. The van der Waals surface area contributed by atoms with Gasteiger partial charge >= 0.3 is 5.97 Å². The number of carboxylic acid groups (broad SMARTS) is 1. The Hall–Kier alpha value is -1.89. The standard InChI is InChI=1S/C12H15N3O4/c1-14-6-13-4-8(14)10-11(12(17)18)19-5-9(16)15(10)7-2-3-7/h4,6-7,10-11H,2-3,5H2,1H3,(H,17,18). The van der Waals surface area contributed by atoms with Crippen LogP contribution in [0, 0.1) is 0 Å². The number of hydrogen-bond acceptors (Lipinski definition) is 4. The van der Waals surface area contributed by atoms with Gasteiger partial charge in [0.15, 0.2) is 6.10 Å². The van der Waals surface area contributed by atoms with E-state index in [1.807, 2.05) is 0 Å². The van der Waals surface area contributed by atoms with Crippen molar-refractivity contribution in [2.75, 3.05) is 6.61 Å². The van der Waals surface area contributed by atoms with E-state index >= 15 is 0 Å². The maximum Gasteiger partial charge on any atom is 0.335 e. The monoisotopic (exact) mass is 265 g/mol. The fourth-order valence-electron chi connectivity index (χ4n) is 2.57. The molecule has 1 saturated carbocycles. The molecule has 0 bridgehead atoms. The topological polar surface area (TPSA) is 84.7 Å². The van der Waals surface area contributed by atoms with Crippen LogP contribution >= 0.6 is 0 Å². The molecule has 1 saturated heterocycles. The molecule has 2 unspecified atom stereocenters. The second-order valence-electron chi connectivity index (χ2n) is 4.98. The van der Waals surface area contributed by atoms with Crippen molar-refractivity contribution in [1.29, 1.82) is 0 Å². The number of amides is 1. The number of carbonyl (C=O) groups excluding carboxylic acids is 1. The van der Waals surface area contributed by atoms with Crippen molar-refractivity contribution >= 4 is 11.9 Å². The molecular weight excluding hydrogens is 250 g/mol. The predicted octanol–water partition coefficient (Wildman–Crippen LogP) is -0.0644. The first-order valence-corrected chi connectivity index (χ1v) is 6.21. The third kappa shape index (κ3) is 1.99. The second kappa shape index (κ2) is 4.34. The van der Waals surface area contributed by atoms with Gasteiger partial charge in [-0.2, -0.15) is 0 Å². The van der Waals surface area contributed by atoms with Crippen LogP contribution in [0.2, 0.25) is 0 Å². The predicted molar refractivity (Wildman–Crippen MR) is 63.2 cm³/mol. The Kier molecular flexibility index (Phi) is 2.78. The van der Waals surface area contributed by atoms with E-state index in [0.29, 0.717) is 5.69 Å². The molecule has 3 rings (SSSR count). The molecule has 2 heterocycles. The third-order valence-corrected chi connectivity index (χ3v) is 3.60. The van der Waals surface area contributed by atoms with E-state index in [1.54, 1.807) is 29.0 Å². The molecule has 0 aromatic carbocycles. The van der Waals surface area contributed by atoms with Crippen molar-refractivity contribution in [3.8, 4) is 0 Å². The van der Waals surface area contributed by atoms with Crippen LogP contribution in [0.4, 0.5) is 0 Å². The Morgan fingerprint density at radius 1 is 1.53 bits per heavy atom. The average molecular weight is 265 g/mol. The molecule has 2 fully saturated rings. The summed E-state index contributed by atoms with van der Waals surface area (Å²) in [6.07, 6.45) is 4.00. The minimum Gasteiger partial charge on any atom is -0.479 e. The number of aryl methyl sites for hydroxylation is 1. The van der Waals surface area contributed by atoms with Crippen LogP contribution in [-0.2, 0) is 21.4 Å². The van der Waals surface area contributed by atoms with Crippen molar-refractivity contribution in [1.82, 2.24) is 14.5 Å². The highest BCUT2D eigenvalue weighted by Gasteiger charge is 2.48. The summed E-state index contributed by atoms with van der Waals surface area (Å²) in [5.41, 5.74) is 0.687. The van der Waals surface area contributed by atoms with Gasteiger partial charge in [0.1, 0.15) is 12.6 Å². The fraction of sp³-hybridized carbons (Fsp3) is 0.583. The van der Waals surface area contributed by atoms with Crippen molar-refractivity contribution < 1.29 is 19.4 Å². The number of rotatable bonds is 3. The molecular formula is C12H15N3O4. The number of aliphatic carboxylic acids is 1. The summed E-state index contributed by atoms with van der Waals surface area (Å²) in [4.78, 5) is 29.1. The van der Waals surface area contributed by atoms with Crippen LogP contribution in [0.15, 0.2) is 12.5 Å². The maximum atomic E-state index is 12.0. The first kappa shape index (κ1) is 12.2.